The van der Waals surface area contributed by atoms with Crippen molar-refractivity contribution in [2.45, 2.75) is 52.1 Å². The van der Waals surface area contributed by atoms with Gasteiger partial charge in [0.2, 0.25) is 0 Å². The minimum Gasteiger partial charge on any atom is -0.398 e. The zero-order chi connectivity index (χ0) is 14.0. The Bertz CT molecular complexity index is 432. The molecule has 3 heteroatoms. The van der Waals surface area contributed by atoms with Gasteiger partial charge in [-0.15, -0.1) is 0 Å². The highest BCUT2D eigenvalue weighted by Crippen LogP contribution is 2.37. The Morgan fingerprint density at radius 2 is 1.95 bits per heavy atom. The second kappa shape index (κ2) is 5.72. The molecule has 0 aromatic heterocycles. The highest BCUT2D eigenvalue weighted by Gasteiger charge is 2.28. The van der Waals surface area contributed by atoms with Gasteiger partial charge < -0.3 is 5.73 Å². The first kappa shape index (κ1) is 14.7. The summed E-state index contributed by atoms with van der Waals surface area (Å²) in [6.07, 6.45) is 5.21. The molecule has 0 amide bonds. The molecule has 19 heavy (non-hydrogen) atoms. The molecule has 1 saturated carbocycles. The first-order valence-corrected chi connectivity index (χ1v) is 7.49. The van der Waals surface area contributed by atoms with Crippen molar-refractivity contribution in [1.82, 2.24) is 4.90 Å². The van der Waals surface area contributed by atoms with Gasteiger partial charge in [0.15, 0.2) is 0 Å². The number of benzene rings is 1. The molecule has 0 atom stereocenters. The van der Waals surface area contributed by atoms with Gasteiger partial charge >= 0.3 is 0 Å². The Morgan fingerprint density at radius 1 is 1.32 bits per heavy atom. The van der Waals surface area contributed by atoms with Gasteiger partial charge in [0.25, 0.3) is 0 Å². The number of hydrogen-bond acceptors (Lipinski definition) is 2. The average molecular weight is 281 g/mol. The van der Waals surface area contributed by atoms with Crippen molar-refractivity contribution < 1.29 is 0 Å². The SMILES string of the molecule is CN(Cc1ccc(Cl)cc1N)C1CCC(C)(C)CC1. The van der Waals surface area contributed by atoms with Gasteiger partial charge in [-0.3, -0.25) is 4.90 Å². The van der Waals surface area contributed by atoms with Crippen LogP contribution in [0.15, 0.2) is 18.2 Å². The molecular weight excluding hydrogens is 256 g/mol. The van der Waals surface area contributed by atoms with Crippen LogP contribution < -0.4 is 5.73 Å². The number of hydrogen-bond donors (Lipinski definition) is 1. The predicted octanol–water partition coefficient (Wildman–Crippen LogP) is 4.32. The third-order valence-electron chi connectivity index (χ3n) is 4.46. The first-order valence-electron chi connectivity index (χ1n) is 7.11. The summed E-state index contributed by atoms with van der Waals surface area (Å²) in [6, 6.07) is 6.49. The lowest BCUT2D eigenvalue weighted by atomic mass is 9.75. The summed E-state index contributed by atoms with van der Waals surface area (Å²) in [5.41, 5.74) is 8.53. The fourth-order valence-electron chi connectivity index (χ4n) is 2.93. The molecule has 2 N–H and O–H groups in total. The summed E-state index contributed by atoms with van der Waals surface area (Å²) in [5, 5.41) is 0.711. The van der Waals surface area contributed by atoms with E-state index in [2.05, 4.69) is 25.8 Å². The van der Waals surface area contributed by atoms with Crippen molar-refractivity contribution in [3.8, 4) is 0 Å². The topological polar surface area (TPSA) is 29.3 Å². The second-order valence-corrected chi connectivity index (χ2v) is 7.09. The highest BCUT2D eigenvalue weighted by molar-refractivity contribution is 6.30. The molecule has 1 aliphatic carbocycles. The largest absolute Gasteiger partial charge is 0.398 e. The zero-order valence-corrected chi connectivity index (χ0v) is 13.0. The number of nitrogens with zero attached hydrogens (tertiary/aromatic N) is 1. The third kappa shape index (κ3) is 3.87. The van der Waals surface area contributed by atoms with Crippen molar-refractivity contribution >= 4 is 17.3 Å². The third-order valence-corrected chi connectivity index (χ3v) is 4.69. The van der Waals surface area contributed by atoms with Crippen LogP contribution in [0, 0.1) is 5.41 Å². The van der Waals surface area contributed by atoms with E-state index in [1.807, 2.05) is 18.2 Å². The van der Waals surface area contributed by atoms with E-state index in [1.165, 1.54) is 31.2 Å². The monoisotopic (exact) mass is 280 g/mol. The van der Waals surface area contributed by atoms with Gasteiger partial charge in [-0.25, -0.2) is 0 Å². The summed E-state index contributed by atoms with van der Waals surface area (Å²) in [6.45, 7) is 5.66. The van der Waals surface area contributed by atoms with E-state index in [1.54, 1.807) is 0 Å². The molecule has 0 saturated heterocycles. The molecule has 0 bridgehead atoms. The lowest BCUT2D eigenvalue weighted by Crippen LogP contribution is -2.36. The van der Waals surface area contributed by atoms with Crippen LogP contribution in [0.2, 0.25) is 5.02 Å². The van der Waals surface area contributed by atoms with Crippen molar-refractivity contribution in [2.24, 2.45) is 5.41 Å². The molecule has 1 fully saturated rings. The Labute approximate surface area is 121 Å². The van der Waals surface area contributed by atoms with Crippen LogP contribution in [0.25, 0.3) is 0 Å². The molecule has 1 aromatic rings. The quantitative estimate of drug-likeness (QED) is 0.836. The van der Waals surface area contributed by atoms with Gasteiger partial charge in [-0.05, 0) is 55.8 Å². The molecule has 0 aliphatic heterocycles. The first-order chi connectivity index (χ1) is 8.87. The van der Waals surface area contributed by atoms with E-state index in [0.29, 0.717) is 16.5 Å². The summed E-state index contributed by atoms with van der Waals surface area (Å²) >= 11 is 5.94. The number of halogens is 1. The molecule has 0 heterocycles. The Morgan fingerprint density at radius 3 is 2.53 bits per heavy atom. The van der Waals surface area contributed by atoms with Gasteiger partial charge in [0.05, 0.1) is 0 Å². The number of nitrogen functional groups attached to an aromatic ring is 1. The van der Waals surface area contributed by atoms with Gasteiger partial charge in [-0.1, -0.05) is 31.5 Å². The molecular formula is C16H25ClN2. The van der Waals surface area contributed by atoms with Crippen LogP contribution in [-0.2, 0) is 6.54 Å². The zero-order valence-electron chi connectivity index (χ0n) is 12.2. The van der Waals surface area contributed by atoms with Crippen LogP contribution in [0.1, 0.15) is 45.1 Å². The maximum absolute atomic E-state index is 6.03. The molecule has 106 valence electrons. The predicted molar refractivity (Wildman–Crippen MR) is 83.4 cm³/mol. The minimum atomic E-state index is 0.524. The lowest BCUT2D eigenvalue weighted by molar-refractivity contribution is 0.123. The summed E-state index contributed by atoms with van der Waals surface area (Å²) in [5.74, 6) is 0. The lowest BCUT2D eigenvalue weighted by Gasteiger charge is -2.38. The molecule has 1 aromatic carbocycles. The van der Waals surface area contributed by atoms with Crippen molar-refractivity contribution in [3.63, 3.8) is 0 Å². The molecule has 0 unspecified atom stereocenters. The van der Waals surface area contributed by atoms with E-state index in [-0.39, 0.29) is 0 Å². The second-order valence-electron chi connectivity index (χ2n) is 6.65. The molecule has 2 rings (SSSR count). The highest BCUT2D eigenvalue weighted by atomic mass is 35.5. The van der Waals surface area contributed by atoms with Gasteiger partial charge in [0, 0.05) is 23.3 Å². The molecule has 1 aliphatic rings. The van der Waals surface area contributed by atoms with E-state index in [4.69, 9.17) is 17.3 Å². The van der Waals surface area contributed by atoms with E-state index in [0.717, 1.165) is 12.2 Å². The summed E-state index contributed by atoms with van der Waals surface area (Å²) < 4.78 is 0. The van der Waals surface area contributed by atoms with Crippen molar-refractivity contribution in [3.05, 3.63) is 28.8 Å². The van der Waals surface area contributed by atoms with Crippen LogP contribution in [0.5, 0.6) is 0 Å². The fourth-order valence-corrected chi connectivity index (χ4v) is 3.11. The normalized spacial score (nSPS) is 19.8. The number of rotatable bonds is 3. The average Bonchev–Trinajstić information content (AvgIpc) is 2.32. The van der Waals surface area contributed by atoms with Gasteiger partial charge in [0.1, 0.15) is 0 Å². The summed E-state index contributed by atoms with van der Waals surface area (Å²) in [7, 11) is 2.21. The fraction of sp³-hybridized carbons (Fsp3) is 0.625. The van der Waals surface area contributed by atoms with Crippen molar-refractivity contribution in [1.29, 1.82) is 0 Å². The van der Waals surface area contributed by atoms with Crippen LogP contribution in [0.4, 0.5) is 5.69 Å². The number of anilines is 1. The van der Waals surface area contributed by atoms with E-state index in [9.17, 15) is 0 Å². The number of nitrogens with two attached hydrogens (primary N) is 1. The Hall–Kier alpha value is -0.730. The maximum atomic E-state index is 6.03. The van der Waals surface area contributed by atoms with Crippen LogP contribution in [-0.4, -0.2) is 18.0 Å². The molecule has 0 radical (unpaired) electrons. The van der Waals surface area contributed by atoms with Crippen LogP contribution in [0.3, 0.4) is 0 Å². The Balaban J connectivity index is 1.96. The molecule has 2 nitrogen and oxygen atoms in total. The van der Waals surface area contributed by atoms with Crippen molar-refractivity contribution in [2.75, 3.05) is 12.8 Å². The van der Waals surface area contributed by atoms with E-state index < -0.39 is 0 Å². The van der Waals surface area contributed by atoms with Gasteiger partial charge in [-0.2, -0.15) is 0 Å². The standard InChI is InChI=1S/C16H25ClN2/c1-16(2)8-6-14(7-9-16)19(3)11-12-4-5-13(17)10-15(12)18/h4-5,10,14H,6-9,11,18H2,1-3H3. The summed E-state index contributed by atoms with van der Waals surface area (Å²) in [4.78, 5) is 2.44. The molecule has 0 spiro atoms. The Kier molecular flexibility index (Phi) is 4.42. The van der Waals surface area contributed by atoms with E-state index >= 15 is 0 Å². The smallest absolute Gasteiger partial charge is 0.0426 e. The maximum Gasteiger partial charge on any atom is 0.0426 e. The van der Waals surface area contributed by atoms with Crippen LogP contribution >= 0.6 is 11.6 Å². The minimum absolute atomic E-state index is 0.524.